The minimum atomic E-state index is -0.248. The Morgan fingerprint density at radius 3 is 2.00 bits per heavy atom. The van der Waals surface area contributed by atoms with Crippen LogP contribution in [0.2, 0.25) is 0 Å². The molecule has 3 nitrogen and oxygen atoms in total. The molecule has 0 fully saturated rings. The summed E-state index contributed by atoms with van der Waals surface area (Å²) in [6.07, 6.45) is 2.07. The molecule has 0 aliphatic carbocycles. The maximum Gasteiger partial charge on any atom is 0.234 e. The smallest absolute Gasteiger partial charge is 0.234 e. The molecular weight excluding hydrogens is 164 g/mol. The summed E-state index contributed by atoms with van der Waals surface area (Å²) in [7, 11) is 0. The van der Waals surface area contributed by atoms with Crippen LogP contribution in [0.3, 0.4) is 0 Å². The minimum absolute atomic E-state index is 0.190. The summed E-state index contributed by atoms with van der Waals surface area (Å²) >= 11 is 0. The number of rotatable bonds is 6. The third-order valence-corrected chi connectivity index (χ3v) is 2.37. The molecule has 0 bridgehead atoms. The average Bonchev–Trinajstić information content (AvgIpc) is 2.05. The first-order valence-corrected chi connectivity index (χ1v) is 5.08. The second-order valence-electron chi connectivity index (χ2n) is 3.80. The van der Waals surface area contributed by atoms with E-state index >= 15 is 0 Å². The van der Waals surface area contributed by atoms with Gasteiger partial charge in [-0.1, -0.05) is 27.7 Å². The molecule has 3 heteroatoms. The Kier molecular flexibility index (Phi) is 5.71. The van der Waals surface area contributed by atoms with Crippen molar-refractivity contribution in [3.63, 3.8) is 0 Å². The molecule has 0 rings (SSSR count). The van der Waals surface area contributed by atoms with Crippen molar-refractivity contribution in [2.45, 2.75) is 52.6 Å². The van der Waals surface area contributed by atoms with Crippen LogP contribution in [-0.4, -0.2) is 18.0 Å². The predicted molar refractivity (Wildman–Crippen MR) is 55.3 cm³/mol. The van der Waals surface area contributed by atoms with E-state index < -0.39 is 0 Å². The second kappa shape index (κ2) is 5.97. The fraction of sp³-hybridized carbons (Fsp3) is 0.900. The van der Waals surface area contributed by atoms with Crippen molar-refractivity contribution in [2.75, 3.05) is 0 Å². The van der Waals surface area contributed by atoms with Crippen LogP contribution < -0.4 is 11.1 Å². The van der Waals surface area contributed by atoms with E-state index in [1.165, 1.54) is 0 Å². The van der Waals surface area contributed by atoms with E-state index in [0.29, 0.717) is 6.04 Å². The first-order chi connectivity index (χ1) is 6.02. The highest BCUT2D eigenvalue weighted by atomic mass is 16.1. The van der Waals surface area contributed by atoms with Crippen LogP contribution in [0.5, 0.6) is 0 Å². The SMILES string of the molecule is CCC(CC)NC(C(N)=O)C(C)C. The number of carbonyl (C=O) groups is 1. The molecule has 0 aromatic rings. The highest BCUT2D eigenvalue weighted by Gasteiger charge is 2.21. The van der Waals surface area contributed by atoms with E-state index in [4.69, 9.17) is 5.73 Å². The number of carbonyl (C=O) groups excluding carboxylic acids is 1. The van der Waals surface area contributed by atoms with Gasteiger partial charge in [-0.05, 0) is 18.8 Å². The van der Waals surface area contributed by atoms with Gasteiger partial charge in [0.25, 0.3) is 0 Å². The lowest BCUT2D eigenvalue weighted by Gasteiger charge is -2.24. The van der Waals surface area contributed by atoms with Crippen LogP contribution in [0.4, 0.5) is 0 Å². The molecule has 1 unspecified atom stereocenters. The molecule has 1 atom stereocenters. The number of hydrogen-bond donors (Lipinski definition) is 2. The van der Waals surface area contributed by atoms with E-state index in [1.807, 2.05) is 13.8 Å². The fourth-order valence-corrected chi connectivity index (χ4v) is 1.38. The molecule has 78 valence electrons. The summed E-state index contributed by atoms with van der Waals surface area (Å²) < 4.78 is 0. The Bertz CT molecular complexity index is 153. The van der Waals surface area contributed by atoms with Gasteiger partial charge in [0, 0.05) is 6.04 Å². The molecule has 0 saturated heterocycles. The molecule has 0 saturated carbocycles. The van der Waals surface area contributed by atoms with Gasteiger partial charge in [-0.2, -0.15) is 0 Å². The maximum atomic E-state index is 11.1. The topological polar surface area (TPSA) is 55.1 Å². The van der Waals surface area contributed by atoms with Crippen molar-refractivity contribution in [1.29, 1.82) is 0 Å². The van der Waals surface area contributed by atoms with Gasteiger partial charge < -0.3 is 11.1 Å². The molecular formula is C10H22N2O. The number of nitrogens with one attached hydrogen (secondary N) is 1. The van der Waals surface area contributed by atoms with E-state index in [-0.39, 0.29) is 17.9 Å². The van der Waals surface area contributed by atoms with Gasteiger partial charge in [0.15, 0.2) is 0 Å². The third kappa shape index (κ3) is 4.27. The van der Waals surface area contributed by atoms with Crippen LogP contribution in [-0.2, 0) is 4.79 Å². The zero-order chi connectivity index (χ0) is 10.4. The molecule has 1 amide bonds. The molecule has 0 aromatic carbocycles. The zero-order valence-electron chi connectivity index (χ0n) is 9.13. The third-order valence-electron chi connectivity index (χ3n) is 2.37. The van der Waals surface area contributed by atoms with Crippen molar-refractivity contribution in [3.8, 4) is 0 Å². The zero-order valence-corrected chi connectivity index (χ0v) is 9.13. The summed E-state index contributed by atoms with van der Waals surface area (Å²) in [6.45, 7) is 8.23. The van der Waals surface area contributed by atoms with Gasteiger partial charge in [0.2, 0.25) is 5.91 Å². The highest BCUT2D eigenvalue weighted by molar-refractivity contribution is 5.80. The summed E-state index contributed by atoms with van der Waals surface area (Å²) in [6, 6.07) is 0.213. The highest BCUT2D eigenvalue weighted by Crippen LogP contribution is 2.05. The molecule has 13 heavy (non-hydrogen) atoms. The molecule has 0 aliphatic rings. The first-order valence-electron chi connectivity index (χ1n) is 5.08. The standard InChI is InChI=1S/C10H22N2O/c1-5-8(6-2)12-9(7(3)4)10(11)13/h7-9,12H,5-6H2,1-4H3,(H2,11,13). The Morgan fingerprint density at radius 1 is 1.31 bits per heavy atom. The average molecular weight is 186 g/mol. The quantitative estimate of drug-likeness (QED) is 0.656. The van der Waals surface area contributed by atoms with E-state index in [9.17, 15) is 4.79 Å². The van der Waals surface area contributed by atoms with Crippen LogP contribution >= 0.6 is 0 Å². The lowest BCUT2D eigenvalue weighted by molar-refractivity contribution is -0.121. The van der Waals surface area contributed by atoms with E-state index in [2.05, 4.69) is 19.2 Å². The fourth-order valence-electron chi connectivity index (χ4n) is 1.38. The summed E-state index contributed by atoms with van der Waals surface area (Å²) in [4.78, 5) is 11.1. The van der Waals surface area contributed by atoms with Crippen molar-refractivity contribution < 1.29 is 4.79 Å². The minimum Gasteiger partial charge on any atom is -0.368 e. The molecule has 0 heterocycles. The van der Waals surface area contributed by atoms with E-state index in [0.717, 1.165) is 12.8 Å². The monoisotopic (exact) mass is 186 g/mol. The maximum absolute atomic E-state index is 11.1. The van der Waals surface area contributed by atoms with Crippen LogP contribution in [0.15, 0.2) is 0 Å². The van der Waals surface area contributed by atoms with Crippen LogP contribution in [0.1, 0.15) is 40.5 Å². The van der Waals surface area contributed by atoms with Crippen molar-refractivity contribution in [3.05, 3.63) is 0 Å². The van der Waals surface area contributed by atoms with Crippen LogP contribution in [0.25, 0.3) is 0 Å². The summed E-state index contributed by atoms with van der Waals surface area (Å²) in [5.41, 5.74) is 5.29. The van der Waals surface area contributed by atoms with Gasteiger partial charge >= 0.3 is 0 Å². The van der Waals surface area contributed by atoms with Crippen molar-refractivity contribution in [1.82, 2.24) is 5.32 Å². The Hall–Kier alpha value is -0.570. The molecule has 0 aliphatic heterocycles. The Morgan fingerprint density at radius 2 is 1.77 bits per heavy atom. The van der Waals surface area contributed by atoms with Gasteiger partial charge in [-0.3, -0.25) is 4.79 Å². The molecule has 0 aromatic heterocycles. The van der Waals surface area contributed by atoms with E-state index in [1.54, 1.807) is 0 Å². The number of nitrogens with two attached hydrogens (primary N) is 1. The molecule has 0 radical (unpaired) electrons. The Balaban J connectivity index is 4.16. The normalized spacial score (nSPS) is 13.7. The summed E-state index contributed by atoms with van der Waals surface area (Å²) in [5, 5.41) is 3.28. The summed E-state index contributed by atoms with van der Waals surface area (Å²) in [5.74, 6) is 0.0139. The largest absolute Gasteiger partial charge is 0.368 e. The van der Waals surface area contributed by atoms with Gasteiger partial charge in [0.1, 0.15) is 0 Å². The number of amides is 1. The Labute approximate surface area is 81.1 Å². The van der Waals surface area contributed by atoms with Crippen molar-refractivity contribution >= 4 is 5.91 Å². The van der Waals surface area contributed by atoms with Crippen LogP contribution in [0, 0.1) is 5.92 Å². The lowest BCUT2D eigenvalue weighted by Crippen LogP contribution is -2.49. The predicted octanol–water partition coefficient (Wildman–Crippen LogP) is 1.27. The first kappa shape index (κ1) is 12.4. The number of hydrogen-bond acceptors (Lipinski definition) is 2. The molecule has 0 spiro atoms. The van der Waals surface area contributed by atoms with Gasteiger partial charge in [-0.15, -0.1) is 0 Å². The number of primary amides is 1. The second-order valence-corrected chi connectivity index (χ2v) is 3.80. The van der Waals surface area contributed by atoms with Gasteiger partial charge in [0.05, 0.1) is 6.04 Å². The lowest BCUT2D eigenvalue weighted by atomic mass is 10.0. The van der Waals surface area contributed by atoms with Crippen molar-refractivity contribution in [2.24, 2.45) is 11.7 Å². The molecule has 3 N–H and O–H groups in total. The van der Waals surface area contributed by atoms with Gasteiger partial charge in [-0.25, -0.2) is 0 Å².